The Kier molecular flexibility index (Phi) is 2.90. The van der Waals surface area contributed by atoms with Crippen LogP contribution in [0, 0.1) is 12.1 Å². The van der Waals surface area contributed by atoms with E-state index in [0.29, 0.717) is 5.69 Å². The smallest absolute Gasteiger partial charge is 0.435 e. The van der Waals surface area contributed by atoms with Crippen LogP contribution in [0.1, 0.15) is 19.5 Å². The van der Waals surface area contributed by atoms with Gasteiger partial charge in [-0.05, 0) is 19.0 Å². The van der Waals surface area contributed by atoms with E-state index in [9.17, 15) is 10.0 Å². The Morgan fingerprint density at radius 1 is 1.71 bits per heavy atom. The molecule has 0 aliphatic rings. The number of nitrogens with one attached hydrogen (secondary N) is 1. The zero-order chi connectivity index (χ0) is 10.7. The molecule has 0 unspecified atom stereocenters. The van der Waals surface area contributed by atoms with E-state index in [1.165, 1.54) is 6.92 Å². The van der Waals surface area contributed by atoms with Crippen LogP contribution in [0.4, 0.5) is 10.6 Å². The van der Waals surface area contributed by atoms with Crippen LogP contribution in [-0.4, -0.2) is 17.4 Å². The fourth-order valence-electron chi connectivity index (χ4n) is 0.791. The van der Waals surface area contributed by atoms with Crippen molar-refractivity contribution in [1.82, 2.24) is 5.16 Å². The quantitative estimate of drug-likeness (QED) is 0.706. The Hall–Kier alpha value is -1.79. The molecule has 1 heterocycles. The van der Waals surface area contributed by atoms with Gasteiger partial charge in [-0.25, -0.2) is 10.1 Å². The summed E-state index contributed by atoms with van der Waals surface area (Å²) in [7, 11) is 0. The maximum absolute atomic E-state index is 11.1. The van der Waals surface area contributed by atoms with Crippen LogP contribution >= 0.6 is 0 Å². The van der Waals surface area contributed by atoms with Gasteiger partial charge in [0.2, 0.25) is 5.69 Å². The molecule has 1 aromatic rings. The van der Waals surface area contributed by atoms with E-state index in [-0.39, 0.29) is 16.8 Å². The molecule has 0 spiro atoms. The number of hydrogen-bond donors (Lipinski definition) is 1. The van der Waals surface area contributed by atoms with Gasteiger partial charge in [0, 0.05) is 6.92 Å². The fourth-order valence-corrected chi connectivity index (χ4v) is 0.791. The van der Waals surface area contributed by atoms with Crippen LogP contribution in [0.15, 0.2) is 4.63 Å². The van der Waals surface area contributed by atoms with Crippen LogP contribution in [0.5, 0.6) is 0 Å². The predicted octanol–water partition coefficient (Wildman–Crippen LogP) is 0.573. The number of hydrogen-bond acceptors (Lipinski definition) is 5. The summed E-state index contributed by atoms with van der Waals surface area (Å²) in [6.07, 6.45) is -0.967. The number of rotatable bonds is 2. The molecule has 0 bridgehead atoms. The summed E-state index contributed by atoms with van der Waals surface area (Å²) in [5.41, 5.74) is 0.292. The van der Waals surface area contributed by atoms with E-state index in [2.05, 4.69) is 15.1 Å². The third-order valence-electron chi connectivity index (χ3n) is 1.34. The molecule has 0 radical (unpaired) electrons. The molecule has 0 fully saturated rings. The van der Waals surface area contributed by atoms with Crippen LogP contribution < -0.4 is 10.2 Å². The first-order chi connectivity index (χ1) is 6.50. The minimum atomic E-state index is -0.712. The average molecular weight is 201 g/mol. The second-order valence-electron chi connectivity index (χ2n) is 2.94. The SMILES string of the molecule is Cc1no[n+]([O-])c1NC(=O)OC(C)C. The van der Waals surface area contributed by atoms with Crippen LogP contribution in [0.3, 0.4) is 0 Å². The zero-order valence-electron chi connectivity index (χ0n) is 8.10. The predicted molar refractivity (Wildman–Crippen MR) is 45.4 cm³/mol. The summed E-state index contributed by atoms with van der Waals surface area (Å²) in [6, 6.07) is 0. The summed E-state index contributed by atoms with van der Waals surface area (Å²) in [5.74, 6) is -0.0596. The Morgan fingerprint density at radius 3 is 2.79 bits per heavy atom. The van der Waals surface area contributed by atoms with E-state index in [1.54, 1.807) is 13.8 Å². The minimum absolute atomic E-state index is 0.0596. The number of amides is 1. The average Bonchev–Trinajstić information content (AvgIpc) is 2.34. The number of ether oxygens (including phenoxy) is 1. The minimum Gasteiger partial charge on any atom is -0.435 e. The second kappa shape index (κ2) is 3.95. The molecule has 1 rings (SSSR count). The third-order valence-corrected chi connectivity index (χ3v) is 1.34. The fraction of sp³-hybridized carbons (Fsp3) is 0.571. The second-order valence-corrected chi connectivity index (χ2v) is 2.94. The van der Waals surface area contributed by atoms with Gasteiger partial charge >= 0.3 is 11.9 Å². The Morgan fingerprint density at radius 2 is 2.36 bits per heavy atom. The highest BCUT2D eigenvalue weighted by molar-refractivity contribution is 5.83. The van der Waals surface area contributed by atoms with Gasteiger partial charge in [0.15, 0.2) is 0 Å². The molecule has 0 atom stereocenters. The number of aryl methyl sites for hydroxylation is 1. The molecular formula is C7H11N3O4. The van der Waals surface area contributed by atoms with Gasteiger partial charge in [0.25, 0.3) is 0 Å². The third kappa shape index (κ3) is 2.35. The van der Waals surface area contributed by atoms with E-state index < -0.39 is 6.09 Å². The molecule has 0 saturated heterocycles. The molecule has 7 nitrogen and oxygen atoms in total. The molecule has 0 aromatic carbocycles. The Labute approximate surface area is 80.2 Å². The molecule has 0 aliphatic heterocycles. The van der Waals surface area contributed by atoms with Crippen molar-refractivity contribution in [2.24, 2.45) is 0 Å². The van der Waals surface area contributed by atoms with Gasteiger partial charge in [-0.1, -0.05) is 4.90 Å². The van der Waals surface area contributed by atoms with Gasteiger partial charge < -0.3 is 14.6 Å². The van der Waals surface area contributed by atoms with E-state index in [4.69, 9.17) is 4.74 Å². The van der Waals surface area contributed by atoms with Crippen molar-refractivity contribution >= 4 is 11.9 Å². The van der Waals surface area contributed by atoms with Crippen molar-refractivity contribution in [3.63, 3.8) is 0 Å². The van der Waals surface area contributed by atoms with Crippen molar-refractivity contribution in [1.29, 1.82) is 0 Å². The van der Waals surface area contributed by atoms with Crippen LogP contribution in [-0.2, 0) is 4.74 Å². The molecule has 78 valence electrons. The number of carbonyl (C=O) groups excluding carboxylic acids is 1. The first-order valence-corrected chi connectivity index (χ1v) is 4.04. The van der Waals surface area contributed by atoms with Crippen molar-refractivity contribution in [2.75, 3.05) is 5.32 Å². The van der Waals surface area contributed by atoms with E-state index in [0.717, 1.165) is 0 Å². The zero-order valence-corrected chi connectivity index (χ0v) is 8.10. The molecule has 7 heteroatoms. The largest absolute Gasteiger partial charge is 0.474 e. The molecule has 0 aliphatic carbocycles. The molecular weight excluding hydrogens is 190 g/mol. The topological polar surface area (TPSA) is 91.3 Å². The molecule has 14 heavy (non-hydrogen) atoms. The van der Waals surface area contributed by atoms with Crippen molar-refractivity contribution < 1.29 is 19.1 Å². The highest BCUT2D eigenvalue weighted by Crippen LogP contribution is 2.05. The van der Waals surface area contributed by atoms with Gasteiger partial charge in [-0.2, -0.15) is 0 Å². The lowest BCUT2D eigenvalue weighted by Gasteiger charge is -2.05. The van der Waals surface area contributed by atoms with E-state index >= 15 is 0 Å². The first-order valence-electron chi connectivity index (χ1n) is 4.04. The van der Waals surface area contributed by atoms with Gasteiger partial charge in [0.05, 0.1) is 6.10 Å². The highest BCUT2D eigenvalue weighted by Gasteiger charge is 2.18. The normalized spacial score (nSPS) is 10.3. The lowest BCUT2D eigenvalue weighted by atomic mass is 10.5. The summed E-state index contributed by atoms with van der Waals surface area (Å²) in [5, 5.41) is 16.5. The summed E-state index contributed by atoms with van der Waals surface area (Å²) < 4.78 is 9.00. The van der Waals surface area contributed by atoms with Gasteiger partial charge in [0.1, 0.15) is 0 Å². The maximum Gasteiger partial charge on any atom is 0.474 e. The number of anilines is 1. The van der Waals surface area contributed by atoms with Crippen LogP contribution in [0.25, 0.3) is 0 Å². The maximum atomic E-state index is 11.1. The number of carbonyl (C=O) groups is 1. The Bertz CT molecular complexity index is 314. The molecule has 1 aromatic heterocycles. The van der Waals surface area contributed by atoms with Gasteiger partial charge in [-0.3, -0.25) is 0 Å². The van der Waals surface area contributed by atoms with Crippen LogP contribution in [0.2, 0.25) is 0 Å². The summed E-state index contributed by atoms with van der Waals surface area (Å²) in [6.45, 7) is 4.93. The molecule has 0 saturated carbocycles. The lowest BCUT2D eigenvalue weighted by molar-refractivity contribution is -0.790. The molecule has 1 amide bonds. The summed E-state index contributed by atoms with van der Waals surface area (Å²) >= 11 is 0. The highest BCUT2D eigenvalue weighted by atomic mass is 16.8. The monoisotopic (exact) mass is 201 g/mol. The van der Waals surface area contributed by atoms with Crippen molar-refractivity contribution in [2.45, 2.75) is 26.9 Å². The standard InChI is InChI=1S/C7H11N3O4/c1-4(2)13-7(11)8-6-5(3)9-14-10(6)12/h4H,1-3H3,(H,8,11). The number of nitrogens with zero attached hydrogens (tertiary/aromatic N) is 2. The molecule has 1 N–H and O–H groups in total. The first kappa shape index (κ1) is 10.3. The van der Waals surface area contributed by atoms with Crippen molar-refractivity contribution in [3.8, 4) is 0 Å². The lowest BCUT2D eigenvalue weighted by Crippen LogP contribution is -2.31. The van der Waals surface area contributed by atoms with E-state index in [1.807, 2.05) is 0 Å². The summed E-state index contributed by atoms with van der Waals surface area (Å²) in [4.78, 5) is 11.2. The van der Waals surface area contributed by atoms with Crippen molar-refractivity contribution in [3.05, 3.63) is 10.9 Å². The number of aromatic nitrogens is 2. The van der Waals surface area contributed by atoms with Gasteiger partial charge in [-0.15, -0.1) is 0 Å². The Balaban J connectivity index is 2.64.